The average Bonchev–Trinajstić information content (AvgIpc) is 2.69. The molecule has 1 saturated heterocycles. The minimum Gasteiger partial charge on any atom is -0.344 e. The lowest BCUT2D eigenvalue weighted by atomic mass is 9.95. The Bertz CT molecular complexity index is 487. The van der Waals surface area contributed by atoms with Crippen LogP contribution in [-0.2, 0) is 14.4 Å². The van der Waals surface area contributed by atoms with E-state index in [1.807, 2.05) is 0 Å². The zero-order valence-corrected chi connectivity index (χ0v) is 17.3. The molecule has 0 unspecified atom stereocenters. The van der Waals surface area contributed by atoms with E-state index in [0.29, 0.717) is 25.9 Å². The Morgan fingerprint density at radius 2 is 1.79 bits per heavy atom. The summed E-state index contributed by atoms with van der Waals surface area (Å²) in [5.41, 5.74) is 7.17. The topological polar surface area (TPSA) is 125 Å². The number of nitrogens with two attached hydrogens (primary N) is 1. The number of carbonyl (C=O) groups excluding carboxylic acids is 3. The summed E-state index contributed by atoms with van der Waals surface area (Å²) in [5.74, 6) is -1.52. The van der Waals surface area contributed by atoms with E-state index in [1.165, 1.54) is 0 Å². The molecule has 1 fully saturated rings. The van der Waals surface area contributed by atoms with E-state index in [-0.39, 0.29) is 18.2 Å². The summed E-state index contributed by atoms with van der Waals surface area (Å²) >= 11 is 0. The van der Waals surface area contributed by atoms with Gasteiger partial charge >= 0.3 is 0 Å². The smallest absolute Gasteiger partial charge is 0.244 e. The second kappa shape index (κ2) is 14.3. The molecule has 0 spiro atoms. The maximum Gasteiger partial charge on any atom is 0.244 e. The quantitative estimate of drug-likeness (QED) is 0.308. The van der Waals surface area contributed by atoms with E-state index in [4.69, 9.17) is 10.9 Å². The first-order chi connectivity index (χ1) is 13.5. The first-order valence-corrected chi connectivity index (χ1v) is 10.7. The standard InChI is InChI=1S/C20H38N4O4/c1-24-14-10-6-4-2-3-5-7-11-16(15-18(25)23-28)19(26)22-17(20(24)27)12-8-9-13-21/h16-17,28H,2-15,21H2,1H3,(H,22,26)(H,23,25)/t16-,17+/m1/s1. The number of carbonyl (C=O) groups is 3. The van der Waals surface area contributed by atoms with Crippen LogP contribution >= 0.6 is 0 Å². The Balaban J connectivity index is 2.89. The average molecular weight is 399 g/mol. The largest absolute Gasteiger partial charge is 0.344 e. The highest BCUT2D eigenvalue weighted by molar-refractivity contribution is 5.90. The van der Waals surface area contributed by atoms with Crippen molar-refractivity contribution in [3.63, 3.8) is 0 Å². The fourth-order valence-electron chi connectivity index (χ4n) is 3.63. The van der Waals surface area contributed by atoms with E-state index in [9.17, 15) is 14.4 Å². The number of rotatable bonds is 6. The van der Waals surface area contributed by atoms with Crippen LogP contribution in [0.3, 0.4) is 0 Å². The van der Waals surface area contributed by atoms with Crippen LogP contribution in [0.15, 0.2) is 0 Å². The van der Waals surface area contributed by atoms with Gasteiger partial charge in [-0.2, -0.15) is 0 Å². The van der Waals surface area contributed by atoms with Crippen LogP contribution in [0.1, 0.15) is 77.0 Å². The molecule has 0 saturated carbocycles. The van der Waals surface area contributed by atoms with Crippen LogP contribution in [0.4, 0.5) is 0 Å². The van der Waals surface area contributed by atoms with Crippen LogP contribution in [0.25, 0.3) is 0 Å². The third-order valence-corrected chi connectivity index (χ3v) is 5.41. The zero-order chi connectivity index (χ0) is 20.8. The van der Waals surface area contributed by atoms with E-state index in [1.54, 1.807) is 17.4 Å². The van der Waals surface area contributed by atoms with Gasteiger partial charge in [0.05, 0.1) is 0 Å². The van der Waals surface area contributed by atoms with Crippen molar-refractivity contribution in [3.05, 3.63) is 0 Å². The molecule has 5 N–H and O–H groups in total. The highest BCUT2D eigenvalue weighted by Crippen LogP contribution is 2.18. The minimum atomic E-state index is -0.603. The van der Waals surface area contributed by atoms with E-state index in [0.717, 1.165) is 57.8 Å². The molecular weight excluding hydrogens is 360 g/mol. The molecule has 0 radical (unpaired) electrons. The lowest BCUT2D eigenvalue weighted by Gasteiger charge is -2.26. The summed E-state index contributed by atoms with van der Waals surface area (Å²) in [6, 6.07) is -0.603. The molecule has 8 nitrogen and oxygen atoms in total. The second-order valence-electron chi connectivity index (χ2n) is 7.81. The van der Waals surface area contributed by atoms with Gasteiger partial charge in [0.1, 0.15) is 6.04 Å². The molecule has 1 aliphatic heterocycles. The maximum absolute atomic E-state index is 12.9. The Hall–Kier alpha value is -1.67. The van der Waals surface area contributed by atoms with Gasteiger partial charge in [0, 0.05) is 25.9 Å². The van der Waals surface area contributed by atoms with Crippen LogP contribution < -0.4 is 16.5 Å². The molecule has 0 aromatic carbocycles. The number of nitrogens with zero attached hydrogens (tertiary/aromatic N) is 1. The number of hydroxylamine groups is 1. The molecular formula is C20H38N4O4. The Morgan fingerprint density at radius 1 is 1.14 bits per heavy atom. The molecule has 28 heavy (non-hydrogen) atoms. The van der Waals surface area contributed by atoms with Gasteiger partial charge in [-0.3, -0.25) is 19.6 Å². The number of unbranched alkanes of at least 4 members (excludes halogenated alkanes) is 1. The van der Waals surface area contributed by atoms with Crippen LogP contribution in [0, 0.1) is 5.92 Å². The van der Waals surface area contributed by atoms with Gasteiger partial charge in [0.15, 0.2) is 0 Å². The number of nitrogens with one attached hydrogen (secondary N) is 2. The van der Waals surface area contributed by atoms with Crippen molar-refractivity contribution in [2.45, 2.75) is 83.1 Å². The molecule has 1 rings (SSSR count). The Morgan fingerprint density at radius 3 is 2.43 bits per heavy atom. The lowest BCUT2D eigenvalue weighted by Crippen LogP contribution is -2.49. The third-order valence-electron chi connectivity index (χ3n) is 5.41. The minimum absolute atomic E-state index is 0.0815. The summed E-state index contributed by atoms with van der Waals surface area (Å²) < 4.78 is 0. The first-order valence-electron chi connectivity index (χ1n) is 10.7. The number of likely N-dealkylation sites (N-methyl/N-ethyl adjacent to an activating group) is 1. The predicted molar refractivity (Wildman–Crippen MR) is 107 cm³/mol. The number of amides is 3. The van der Waals surface area contributed by atoms with E-state index in [2.05, 4.69) is 5.32 Å². The monoisotopic (exact) mass is 398 g/mol. The van der Waals surface area contributed by atoms with Crippen molar-refractivity contribution in [1.82, 2.24) is 15.7 Å². The van der Waals surface area contributed by atoms with Crippen molar-refractivity contribution in [1.29, 1.82) is 0 Å². The molecule has 8 heteroatoms. The molecule has 0 bridgehead atoms. The predicted octanol–water partition coefficient (Wildman–Crippen LogP) is 1.70. The molecule has 0 aromatic heterocycles. The fourth-order valence-corrected chi connectivity index (χ4v) is 3.63. The van der Waals surface area contributed by atoms with Crippen LogP contribution in [0.2, 0.25) is 0 Å². The van der Waals surface area contributed by atoms with Crippen molar-refractivity contribution in [3.8, 4) is 0 Å². The second-order valence-corrected chi connectivity index (χ2v) is 7.81. The number of hydrogen-bond acceptors (Lipinski definition) is 5. The Kier molecular flexibility index (Phi) is 12.5. The summed E-state index contributed by atoms with van der Waals surface area (Å²) in [5, 5.41) is 11.7. The molecule has 3 amide bonds. The zero-order valence-electron chi connectivity index (χ0n) is 17.3. The van der Waals surface area contributed by atoms with Gasteiger partial charge in [-0.1, -0.05) is 38.5 Å². The summed E-state index contributed by atoms with van der Waals surface area (Å²) in [4.78, 5) is 39.0. The van der Waals surface area contributed by atoms with E-state index < -0.39 is 17.9 Å². The fraction of sp³-hybridized carbons (Fsp3) is 0.850. The third kappa shape index (κ3) is 9.50. The van der Waals surface area contributed by atoms with Gasteiger partial charge < -0.3 is 16.0 Å². The summed E-state index contributed by atoms with van der Waals surface area (Å²) in [6.45, 7) is 1.22. The lowest BCUT2D eigenvalue weighted by molar-refractivity contribution is -0.138. The van der Waals surface area contributed by atoms with Gasteiger partial charge in [-0.25, -0.2) is 5.48 Å². The van der Waals surface area contributed by atoms with Crippen molar-refractivity contribution in [2.75, 3.05) is 20.1 Å². The highest BCUT2D eigenvalue weighted by atomic mass is 16.5. The van der Waals surface area contributed by atoms with Crippen LogP contribution in [0.5, 0.6) is 0 Å². The molecule has 1 heterocycles. The van der Waals surface area contributed by atoms with Gasteiger partial charge in [-0.05, 0) is 38.6 Å². The normalized spacial score (nSPS) is 23.5. The SMILES string of the molecule is CN1CCCCCCCCC[C@H](CC(=O)NO)C(=O)N[C@@H](CCCCN)C1=O. The van der Waals surface area contributed by atoms with Gasteiger partial charge in [0.25, 0.3) is 0 Å². The molecule has 0 aliphatic carbocycles. The van der Waals surface area contributed by atoms with Crippen LogP contribution in [-0.4, -0.2) is 54.0 Å². The molecule has 2 atom stereocenters. The van der Waals surface area contributed by atoms with Gasteiger partial charge in [0.2, 0.25) is 17.7 Å². The van der Waals surface area contributed by atoms with E-state index >= 15 is 0 Å². The molecule has 162 valence electrons. The van der Waals surface area contributed by atoms with Crippen molar-refractivity contribution >= 4 is 17.7 Å². The Labute approximate surface area is 168 Å². The maximum atomic E-state index is 12.9. The highest BCUT2D eigenvalue weighted by Gasteiger charge is 2.28. The number of hydrogen-bond donors (Lipinski definition) is 4. The molecule has 0 aromatic rings. The van der Waals surface area contributed by atoms with Crippen molar-refractivity contribution in [2.24, 2.45) is 11.7 Å². The summed E-state index contributed by atoms with van der Waals surface area (Å²) in [6.07, 6.45) is 9.89. The molecule has 1 aliphatic rings. The summed E-state index contributed by atoms with van der Waals surface area (Å²) in [7, 11) is 1.78. The first kappa shape index (κ1) is 24.4. The van der Waals surface area contributed by atoms with Gasteiger partial charge in [-0.15, -0.1) is 0 Å². The van der Waals surface area contributed by atoms with Crippen molar-refractivity contribution < 1.29 is 19.6 Å².